The number of carbonyl (C=O) groups is 3. The van der Waals surface area contributed by atoms with E-state index < -0.39 is 8.07 Å². The predicted octanol–water partition coefficient (Wildman–Crippen LogP) is 9.13. The first-order valence-corrected chi connectivity index (χ1v) is 31.1. The highest BCUT2D eigenvalue weighted by atomic mass is 28.3. The van der Waals surface area contributed by atoms with Gasteiger partial charge in [0, 0.05) is 14.7 Å². The molecular weight excluding hydrogens is 951 g/mol. The lowest BCUT2D eigenvalue weighted by atomic mass is 9.80. The Kier molecular flexibility index (Phi) is 14.9. The highest BCUT2D eigenvalue weighted by Gasteiger charge is 2.41. The largest absolute Gasteiger partial charge is 0.483 e. The second kappa shape index (κ2) is 21.4. The van der Waals surface area contributed by atoms with Crippen LogP contribution in [0.25, 0.3) is 0 Å². The Hall–Kier alpha value is -5.94. The topological polar surface area (TPSA) is 162 Å². The lowest BCUT2D eigenvalue weighted by Gasteiger charge is -2.41. The van der Waals surface area contributed by atoms with Crippen LogP contribution in [0.3, 0.4) is 0 Å². The molecule has 17 heteroatoms. The number of nitrogens with one attached hydrogen (secondary N) is 2. The van der Waals surface area contributed by atoms with E-state index in [1.165, 1.54) is 96.2 Å². The number of benzene rings is 3. The second-order valence-corrected chi connectivity index (χ2v) is 29.0. The summed E-state index contributed by atoms with van der Waals surface area (Å²) >= 11 is 0. The number of hydrogen-bond acceptors (Lipinski definition) is 13. The van der Waals surface area contributed by atoms with Gasteiger partial charge in [-0.3, -0.25) is 14.4 Å². The molecule has 9 aliphatic rings. The van der Waals surface area contributed by atoms with Crippen LogP contribution in [0.5, 0.6) is 17.2 Å². The van der Waals surface area contributed by atoms with E-state index in [-0.39, 0.29) is 42.6 Å². The van der Waals surface area contributed by atoms with Gasteiger partial charge in [-0.25, -0.2) is 15.9 Å². The number of fused-ring (bicyclic) bond motifs is 9. The molecule has 16 nitrogen and oxygen atoms in total. The van der Waals surface area contributed by atoms with Crippen LogP contribution in [-0.4, -0.2) is 99.6 Å². The standard InChI is InChI=1S/C23H35N3O3Si.2C17H21N3O2/c1-16-11-21-20(13-19(16)12-18-7-6-8-18)26-17(2)23(27)25(24-22(26)14-29-21)15-28-9-10-30(3,4)5;2*1-10-6-15-14(8-13(10)7-12-4-3-5-12)20-11(2)17(21)19-18-16(20)9-22-15/h11,13,17-18H,6-10,12,14-15H2,1-5H3;2*6,8,11-12H,3-5,7,9H2,1-2H3,(H,19,21)/t;2*11-/m.10/s1. The maximum Gasteiger partial charge on any atom is 0.267 e. The zero-order valence-electron chi connectivity index (χ0n) is 45.1. The number of amides is 3. The highest BCUT2D eigenvalue weighted by Crippen LogP contribution is 2.43. The van der Waals surface area contributed by atoms with Crippen molar-refractivity contribution in [2.75, 3.05) is 47.9 Å². The monoisotopic (exact) mass is 1030 g/mol. The molecule has 12 rings (SSSR count). The van der Waals surface area contributed by atoms with Crippen LogP contribution in [-0.2, 0) is 38.4 Å². The molecular formula is C57H77N9O7Si. The second-order valence-electron chi connectivity index (χ2n) is 23.4. The minimum absolute atomic E-state index is 0.0271. The van der Waals surface area contributed by atoms with Crippen LogP contribution in [0.15, 0.2) is 51.7 Å². The average molecular weight is 1030 g/mol. The summed E-state index contributed by atoms with van der Waals surface area (Å²) in [5, 5.41) is 14.3. The molecule has 0 saturated heterocycles. The Morgan fingerprint density at radius 3 is 1.31 bits per heavy atom. The highest BCUT2D eigenvalue weighted by molar-refractivity contribution is 6.76. The van der Waals surface area contributed by atoms with Gasteiger partial charge in [-0.15, -0.1) is 0 Å². The van der Waals surface area contributed by atoms with Gasteiger partial charge in [0.1, 0.15) is 61.9 Å². The van der Waals surface area contributed by atoms with Crippen molar-refractivity contribution in [2.45, 2.75) is 162 Å². The van der Waals surface area contributed by atoms with Gasteiger partial charge in [-0.05, 0) is 154 Å². The van der Waals surface area contributed by atoms with E-state index in [1.54, 1.807) is 0 Å². The Morgan fingerprint density at radius 2 is 0.946 bits per heavy atom. The molecule has 2 N–H and O–H groups in total. The zero-order valence-corrected chi connectivity index (χ0v) is 46.1. The third-order valence-corrected chi connectivity index (χ3v) is 18.4. The smallest absolute Gasteiger partial charge is 0.267 e. The molecule has 3 aromatic rings. The molecule has 0 aromatic heterocycles. The minimum atomic E-state index is -1.16. The Morgan fingerprint density at radius 1 is 0.568 bits per heavy atom. The number of hydrogen-bond donors (Lipinski definition) is 2. The molecule has 3 aliphatic carbocycles. The summed E-state index contributed by atoms with van der Waals surface area (Å²) < 4.78 is 23.5. The van der Waals surface area contributed by atoms with E-state index in [0.29, 0.717) is 26.4 Å². The zero-order chi connectivity index (χ0) is 52.0. The van der Waals surface area contributed by atoms with E-state index in [0.717, 1.165) is 94.9 Å². The molecule has 396 valence electrons. The molecule has 1 unspecified atom stereocenters. The molecule has 0 spiro atoms. The number of nitrogens with zero attached hydrogens (tertiary/aromatic N) is 7. The number of anilines is 3. The van der Waals surface area contributed by atoms with Gasteiger partial charge in [0.2, 0.25) is 0 Å². The predicted molar refractivity (Wildman–Crippen MR) is 293 cm³/mol. The molecule has 0 bridgehead atoms. The van der Waals surface area contributed by atoms with Gasteiger partial charge in [0.25, 0.3) is 17.7 Å². The van der Waals surface area contributed by atoms with Crippen molar-refractivity contribution >= 4 is 60.4 Å². The van der Waals surface area contributed by atoms with Crippen molar-refractivity contribution in [1.29, 1.82) is 0 Å². The summed E-state index contributed by atoms with van der Waals surface area (Å²) in [6.07, 6.45) is 15.4. The van der Waals surface area contributed by atoms with E-state index in [2.05, 4.69) is 108 Å². The average Bonchev–Trinajstić information content (AvgIpc) is 3.33. The third kappa shape index (κ3) is 10.8. The van der Waals surface area contributed by atoms with Crippen LogP contribution in [0, 0.1) is 38.5 Å². The maximum atomic E-state index is 13.0. The molecule has 3 atom stereocenters. The van der Waals surface area contributed by atoms with E-state index >= 15 is 0 Å². The first kappa shape index (κ1) is 51.5. The normalized spacial score (nSPS) is 22.9. The van der Waals surface area contributed by atoms with Crippen LogP contribution in [0.2, 0.25) is 25.7 Å². The number of carbonyl (C=O) groups excluding carboxylic acids is 3. The SMILES string of the molecule is Cc1cc2c(cc1CC1CCC1)N1C(=NN(COCC[Si](C)(C)C)C(=O)C1C)CO2.Cc1cc2c(cc1CC1CCC1)N1C(=NNC(=O)[C@@H]1C)CO2.Cc1cc2c(cc1CC1CCC1)N1C(=NNC(=O)[C@H]1C)CO2. The fraction of sp³-hybridized carbons (Fsp3) is 0.579. The van der Waals surface area contributed by atoms with Crippen LogP contribution < -0.4 is 39.8 Å². The number of amidine groups is 3. The van der Waals surface area contributed by atoms with E-state index in [1.807, 2.05) is 30.6 Å². The number of hydrazone groups is 3. The number of aryl methyl sites for hydroxylation is 3. The summed E-state index contributed by atoms with van der Waals surface area (Å²) in [5.74, 6) is 7.15. The van der Waals surface area contributed by atoms with Crippen LogP contribution in [0.4, 0.5) is 17.1 Å². The van der Waals surface area contributed by atoms with Gasteiger partial charge < -0.3 is 33.6 Å². The number of ether oxygens (including phenoxy) is 4. The Balaban J connectivity index is 0.000000129. The fourth-order valence-electron chi connectivity index (χ4n) is 11.1. The van der Waals surface area contributed by atoms with Crippen LogP contribution in [0.1, 0.15) is 112 Å². The molecule has 3 fully saturated rings. The summed E-state index contributed by atoms with van der Waals surface area (Å²) in [7, 11) is -1.16. The first-order valence-electron chi connectivity index (χ1n) is 27.4. The van der Waals surface area contributed by atoms with Gasteiger partial charge in [-0.2, -0.15) is 15.3 Å². The molecule has 6 aliphatic heterocycles. The number of rotatable bonds is 11. The van der Waals surface area contributed by atoms with Gasteiger partial charge in [0.15, 0.2) is 17.5 Å². The van der Waals surface area contributed by atoms with E-state index in [9.17, 15) is 14.4 Å². The maximum absolute atomic E-state index is 13.0. The van der Waals surface area contributed by atoms with Gasteiger partial charge in [0.05, 0.1) is 17.1 Å². The fourth-order valence-corrected chi connectivity index (χ4v) is 11.9. The lowest BCUT2D eigenvalue weighted by Crippen LogP contribution is -2.57. The first-order chi connectivity index (χ1) is 35.5. The molecule has 3 amide bonds. The van der Waals surface area contributed by atoms with Crippen molar-refractivity contribution in [2.24, 2.45) is 33.1 Å². The summed E-state index contributed by atoms with van der Waals surface area (Å²) in [5.41, 5.74) is 16.0. The Bertz CT molecular complexity index is 2640. The third-order valence-electron chi connectivity index (χ3n) is 16.7. The van der Waals surface area contributed by atoms with Crippen molar-refractivity contribution in [1.82, 2.24) is 15.9 Å². The van der Waals surface area contributed by atoms with Crippen LogP contribution >= 0.6 is 0 Å². The van der Waals surface area contributed by atoms with Crippen molar-refractivity contribution in [3.8, 4) is 17.2 Å². The van der Waals surface area contributed by atoms with E-state index in [4.69, 9.17) is 18.9 Å². The molecule has 3 saturated carbocycles. The minimum Gasteiger partial charge on any atom is -0.483 e. The lowest BCUT2D eigenvalue weighted by molar-refractivity contribution is -0.138. The van der Waals surface area contributed by atoms with Crippen molar-refractivity contribution in [3.63, 3.8) is 0 Å². The summed E-state index contributed by atoms with van der Waals surface area (Å²) in [4.78, 5) is 43.0. The van der Waals surface area contributed by atoms with Gasteiger partial charge >= 0.3 is 0 Å². The molecule has 74 heavy (non-hydrogen) atoms. The quantitative estimate of drug-likeness (QED) is 0.140. The summed E-state index contributed by atoms with van der Waals surface area (Å²) in [6.45, 7) is 21.2. The Labute approximate surface area is 438 Å². The molecule has 6 heterocycles. The molecule has 3 aromatic carbocycles. The van der Waals surface area contributed by atoms with Crippen molar-refractivity contribution in [3.05, 3.63) is 69.8 Å². The van der Waals surface area contributed by atoms with Crippen molar-refractivity contribution < 1.29 is 33.3 Å². The summed E-state index contributed by atoms with van der Waals surface area (Å²) in [6, 6.07) is 13.2. The molecule has 0 radical (unpaired) electrons. The van der Waals surface area contributed by atoms with Gasteiger partial charge in [-0.1, -0.05) is 77.4 Å².